The Balaban J connectivity index is 0.00000220. The van der Waals surface area contributed by atoms with E-state index in [9.17, 15) is 4.79 Å². The molecule has 0 amide bonds. The quantitative estimate of drug-likeness (QED) is 0.867. The fourth-order valence-electron chi connectivity index (χ4n) is 1.96. The summed E-state index contributed by atoms with van der Waals surface area (Å²) < 4.78 is 4.62. The van der Waals surface area contributed by atoms with Crippen molar-refractivity contribution in [3.8, 4) is 11.1 Å². The van der Waals surface area contributed by atoms with E-state index in [1.807, 2.05) is 49.5 Å². The van der Waals surface area contributed by atoms with Gasteiger partial charge in [0, 0.05) is 17.5 Å². The normalized spacial score (nSPS) is 10.9. The molecule has 1 aromatic heterocycles. The summed E-state index contributed by atoms with van der Waals surface area (Å²) in [7, 11) is 1.34. The van der Waals surface area contributed by atoms with Crippen molar-refractivity contribution in [2.24, 2.45) is 5.73 Å². The second-order valence-electron chi connectivity index (χ2n) is 4.72. The number of methoxy groups -OCH3 is 1. The number of hydrogen-bond donors (Lipinski definition) is 1. The average molecular weight is 343 g/mol. The first kappa shape index (κ1) is 20.4. The Morgan fingerprint density at radius 1 is 1.14 bits per heavy atom. The van der Waals surface area contributed by atoms with Crippen LogP contribution in [0.3, 0.4) is 0 Å². The third-order valence-electron chi connectivity index (χ3n) is 3.16. The lowest BCUT2D eigenvalue weighted by Gasteiger charge is -2.09. The van der Waals surface area contributed by atoms with Gasteiger partial charge in [-0.3, -0.25) is 9.78 Å². The standard InChI is InChI=1S/C16H18N2O2.2ClH/c1-11-3-6-14(10-18-11)13-7-4-12(5-8-13)9-15(17)16(19)20-2;;/h3-8,10,15H,9,17H2,1-2H3;2*1H. The average Bonchev–Trinajstić information content (AvgIpc) is 2.48. The van der Waals surface area contributed by atoms with Crippen LogP contribution in [0, 0.1) is 6.92 Å². The number of halogens is 2. The molecule has 22 heavy (non-hydrogen) atoms. The van der Waals surface area contributed by atoms with E-state index in [0.717, 1.165) is 22.4 Å². The minimum Gasteiger partial charge on any atom is -0.468 e. The van der Waals surface area contributed by atoms with Crippen molar-refractivity contribution in [3.05, 3.63) is 53.9 Å². The molecule has 0 bridgehead atoms. The first-order valence-corrected chi connectivity index (χ1v) is 6.45. The maximum atomic E-state index is 11.3. The van der Waals surface area contributed by atoms with Gasteiger partial charge in [-0.15, -0.1) is 24.8 Å². The summed E-state index contributed by atoms with van der Waals surface area (Å²) in [6.07, 6.45) is 2.32. The Morgan fingerprint density at radius 2 is 1.73 bits per heavy atom. The lowest BCUT2D eigenvalue weighted by Crippen LogP contribution is -2.33. The molecule has 0 aliphatic carbocycles. The van der Waals surface area contributed by atoms with E-state index in [4.69, 9.17) is 5.73 Å². The molecule has 2 rings (SSSR count). The molecule has 6 heteroatoms. The lowest BCUT2D eigenvalue weighted by atomic mass is 10.0. The molecule has 0 saturated carbocycles. The number of aromatic nitrogens is 1. The van der Waals surface area contributed by atoms with Crippen LogP contribution in [0.4, 0.5) is 0 Å². The molecule has 0 spiro atoms. The second kappa shape index (κ2) is 9.41. The van der Waals surface area contributed by atoms with Crippen molar-refractivity contribution in [2.45, 2.75) is 19.4 Å². The number of ether oxygens (including phenoxy) is 1. The number of esters is 1. The number of rotatable bonds is 4. The maximum absolute atomic E-state index is 11.3. The molecule has 1 atom stereocenters. The predicted octanol–water partition coefficient (Wildman–Crippen LogP) is 2.94. The molecule has 1 heterocycles. The van der Waals surface area contributed by atoms with Crippen LogP contribution in [0.15, 0.2) is 42.6 Å². The third-order valence-corrected chi connectivity index (χ3v) is 3.16. The van der Waals surface area contributed by atoms with Crippen molar-refractivity contribution in [2.75, 3.05) is 7.11 Å². The van der Waals surface area contributed by atoms with Crippen LogP contribution in [0.5, 0.6) is 0 Å². The highest BCUT2D eigenvalue weighted by molar-refractivity contribution is 5.85. The summed E-state index contributed by atoms with van der Waals surface area (Å²) in [5.74, 6) is -0.392. The van der Waals surface area contributed by atoms with Gasteiger partial charge in [-0.05, 0) is 30.5 Å². The highest BCUT2D eigenvalue weighted by Gasteiger charge is 2.13. The van der Waals surface area contributed by atoms with E-state index in [1.54, 1.807) is 0 Å². The minimum atomic E-state index is -0.619. The van der Waals surface area contributed by atoms with Gasteiger partial charge in [0.1, 0.15) is 6.04 Å². The zero-order valence-electron chi connectivity index (χ0n) is 12.5. The van der Waals surface area contributed by atoms with Gasteiger partial charge >= 0.3 is 5.97 Å². The van der Waals surface area contributed by atoms with Crippen LogP contribution >= 0.6 is 24.8 Å². The number of nitrogens with two attached hydrogens (primary N) is 1. The molecule has 0 fully saturated rings. The molecular weight excluding hydrogens is 323 g/mol. The number of hydrogen-bond acceptors (Lipinski definition) is 4. The smallest absolute Gasteiger partial charge is 0.322 e. The summed E-state index contributed by atoms with van der Waals surface area (Å²) in [5.41, 5.74) is 9.90. The summed E-state index contributed by atoms with van der Waals surface area (Å²) in [6, 6.07) is 11.4. The van der Waals surface area contributed by atoms with Gasteiger partial charge in [0.25, 0.3) is 0 Å². The monoisotopic (exact) mass is 342 g/mol. The van der Waals surface area contributed by atoms with E-state index in [-0.39, 0.29) is 24.8 Å². The van der Waals surface area contributed by atoms with Crippen LogP contribution < -0.4 is 5.73 Å². The topological polar surface area (TPSA) is 65.2 Å². The van der Waals surface area contributed by atoms with Gasteiger partial charge in [0.2, 0.25) is 0 Å². The van der Waals surface area contributed by atoms with Gasteiger partial charge in [-0.2, -0.15) is 0 Å². The molecule has 0 radical (unpaired) electrons. The Hall–Kier alpha value is -1.62. The van der Waals surface area contributed by atoms with Crippen LogP contribution in [0.25, 0.3) is 11.1 Å². The van der Waals surface area contributed by atoms with Crippen LogP contribution in [-0.4, -0.2) is 24.1 Å². The SMILES string of the molecule is COC(=O)C(N)Cc1ccc(-c2ccc(C)nc2)cc1.Cl.Cl. The lowest BCUT2D eigenvalue weighted by molar-refractivity contribution is -0.142. The first-order valence-electron chi connectivity index (χ1n) is 6.45. The molecule has 1 aromatic carbocycles. The molecule has 2 N–H and O–H groups in total. The Bertz CT molecular complexity index is 586. The third kappa shape index (κ3) is 5.30. The van der Waals surface area contributed by atoms with E-state index in [2.05, 4.69) is 9.72 Å². The largest absolute Gasteiger partial charge is 0.468 e. The Morgan fingerprint density at radius 3 is 2.23 bits per heavy atom. The predicted molar refractivity (Wildman–Crippen MR) is 92.6 cm³/mol. The van der Waals surface area contributed by atoms with Crippen LogP contribution in [0.2, 0.25) is 0 Å². The minimum absolute atomic E-state index is 0. The fourth-order valence-corrected chi connectivity index (χ4v) is 1.96. The molecule has 4 nitrogen and oxygen atoms in total. The summed E-state index contributed by atoms with van der Waals surface area (Å²) in [5, 5.41) is 0. The fraction of sp³-hybridized carbons (Fsp3) is 0.250. The van der Waals surface area contributed by atoms with Crippen LogP contribution in [0.1, 0.15) is 11.3 Å². The van der Waals surface area contributed by atoms with E-state index >= 15 is 0 Å². The van der Waals surface area contributed by atoms with Crippen molar-refractivity contribution in [3.63, 3.8) is 0 Å². The highest BCUT2D eigenvalue weighted by atomic mass is 35.5. The molecule has 0 saturated heterocycles. The molecule has 0 aliphatic heterocycles. The van der Waals surface area contributed by atoms with Crippen molar-refractivity contribution in [1.29, 1.82) is 0 Å². The van der Waals surface area contributed by atoms with Gasteiger partial charge in [0.05, 0.1) is 7.11 Å². The summed E-state index contributed by atoms with van der Waals surface area (Å²) >= 11 is 0. The molecule has 2 aromatic rings. The summed E-state index contributed by atoms with van der Waals surface area (Å²) in [6.45, 7) is 1.96. The number of carbonyl (C=O) groups is 1. The van der Waals surface area contributed by atoms with E-state index in [0.29, 0.717) is 6.42 Å². The number of benzene rings is 1. The van der Waals surface area contributed by atoms with Crippen molar-refractivity contribution < 1.29 is 9.53 Å². The second-order valence-corrected chi connectivity index (χ2v) is 4.72. The number of pyridine rings is 1. The molecule has 1 unspecified atom stereocenters. The Kier molecular flexibility index (Phi) is 8.72. The molecular formula is C16H20Cl2N2O2. The highest BCUT2D eigenvalue weighted by Crippen LogP contribution is 2.19. The van der Waals surface area contributed by atoms with Gasteiger partial charge in [-0.1, -0.05) is 30.3 Å². The maximum Gasteiger partial charge on any atom is 0.322 e. The van der Waals surface area contributed by atoms with E-state index in [1.165, 1.54) is 7.11 Å². The number of nitrogens with zero attached hydrogens (tertiary/aromatic N) is 1. The van der Waals surface area contributed by atoms with E-state index < -0.39 is 12.0 Å². The van der Waals surface area contributed by atoms with Gasteiger partial charge in [0.15, 0.2) is 0 Å². The number of carbonyl (C=O) groups excluding carboxylic acids is 1. The summed E-state index contributed by atoms with van der Waals surface area (Å²) in [4.78, 5) is 15.6. The first-order chi connectivity index (χ1) is 9.60. The van der Waals surface area contributed by atoms with Gasteiger partial charge in [-0.25, -0.2) is 0 Å². The Labute approximate surface area is 142 Å². The van der Waals surface area contributed by atoms with Gasteiger partial charge < -0.3 is 10.5 Å². The zero-order valence-corrected chi connectivity index (χ0v) is 14.1. The van der Waals surface area contributed by atoms with Crippen LogP contribution in [-0.2, 0) is 16.0 Å². The van der Waals surface area contributed by atoms with Crippen molar-refractivity contribution >= 4 is 30.8 Å². The zero-order chi connectivity index (χ0) is 14.5. The molecule has 0 aliphatic rings. The van der Waals surface area contributed by atoms with Crippen molar-refractivity contribution in [1.82, 2.24) is 4.98 Å². The molecule has 120 valence electrons. The number of aryl methyl sites for hydroxylation is 1.